The van der Waals surface area contributed by atoms with E-state index in [9.17, 15) is 8.96 Å². The third-order valence-electron chi connectivity index (χ3n) is 1.80. The molecule has 0 amide bonds. The Labute approximate surface area is 84.8 Å². The highest BCUT2D eigenvalue weighted by Gasteiger charge is 2.32. The van der Waals surface area contributed by atoms with E-state index in [1.807, 2.05) is 0 Å². The number of rotatable bonds is 5. The summed E-state index contributed by atoms with van der Waals surface area (Å²) in [5.74, 6) is -2.04. The van der Waals surface area contributed by atoms with Crippen molar-refractivity contribution < 1.29 is 23.5 Å². The third-order valence-corrected chi connectivity index (χ3v) is 2.74. The second-order valence-electron chi connectivity index (χ2n) is 2.85. The minimum Gasteiger partial charge on any atom is -0.373 e. The zero-order valence-electron chi connectivity index (χ0n) is 7.87. The number of nitrogens with zero attached hydrogens (tertiary/aromatic N) is 2. The van der Waals surface area contributed by atoms with E-state index in [-0.39, 0.29) is 5.82 Å². The molecule has 0 aliphatic carbocycles. The quantitative estimate of drug-likeness (QED) is 0.640. The van der Waals surface area contributed by atoms with Gasteiger partial charge in [0.1, 0.15) is 12.4 Å². The van der Waals surface area contributed by atoms with Gasteiger partial charge >= 0.3 is 7.60 Å². The lowest BCUT2D eigenvalue weighted by atomic mass is 10.2. The molecule has 0 aromatic carbocycles. The summed E-state index contributed by atoms with van der Waals surface area (Å²) in [5.41, 5.74) is 0. The van der Waals surface area contributed by atoms with Crippen molar-refractivity contribution in [2.24, 2.45) is 0 Å². The third kappa shape index (κ3) is 3.35. The first-order valence-electron chi connectivity index (χ1n) is 4.02. The van der Waals surface area contributed by atoms with Gasteiger partial charge in [-0.1, -0.05) is 0 Å². The molecule has 1 rings (SSSR count). The van der Waals surface area contributed by atoms with Crippen LogP contribution in [0.3, 0.4) is 0 Å². The standard InChI is InChI=1S/C6H11FN3O4P/c1-14-4(6-8-3-9-10-6)2-5(7)15(11,12)13/h3-5H,2H2,1H3,(H,8,9,10)(H2,11,12,13). The molecule has 1 aromatic rings. The minimum absolute atomic E-state index is 0.230. The van der Waals surface area contributed by atoms with Crippen molar-refractivity contribution in [3.05, 3.63) is 12.2 Å². The van der Waals surface area contributed by atoms with Crippen LogP contribution in [-0.2, 0) is 9.30 Å². The van der Waals surface area contributed by atoms with Gasteiger partial charge in [0.2, 0.25) is 5.91 Å². The van der Waals surface area contributed by atoms with Crippen molar-refractivity contribution in [3.63, 3.8) is 0 Å². The molecule has 0 radical (unpaired) electrons. The van der Waals surface area contributed by atoms with Gasteiger partial charge in [-0.3, -0.25) is 9.66 Å². The molecule has 3 N–H and O–H groups in total. The van der Waals surface area contributed by atoms with Crippen molar-refractivity contribution >= 4 is 7.60 Å². The van der Waals surface area contributed by atoms with Crippen LogP contribution in [0.25, 0.3) is 0 Å². The summed E-state index contributed by atoms with van der Waals surface area (Å²) in [6.45, 7) is 0. The fourth-order valence-electron chi connectivity index (χ4n) is 1.00. The Morgan fingerprint density at radius 3 is 2.80 bits per heavy atom. The lowest BCUT2D eigenvalue weighted by molar-refractivity contribution is 0.0728. The zero-order chi connectivity index (χ0) is 11.5. The SMILES string of the molecule is COC(CC(F)P(=O)(O)O)c1ncn[nH]1. The van der Waals surface area contributed by atoms with Gasteiger partial charge < -0.3 is 14.5 Å². The van der Waals surface area contributed by atoms with Gasteiger partial charge in [-0.2, -0.15) is 5.10 Å². The predicted molar refractivity (Wildman–Crippen MR) is 47.7 cm³/mol. The molecule has 0 bridgehead atoms. The van der Waals surface area contributed by atoms with Crippen molar-refractivity contribution in [1.82, 2.24) is 15.2 Å². The molecule has 0 saturated heterocycles. The van der Waals surface area contributed by atoms with E-state index in [4.69, 9.17) is 14.5 Å². The number of aromatic amines is 1. The van der Waals surface area contributed by atoms with E-state index in [0.717, 1.165) is 0 Å². The number of alkyl halides is 1. The van der Waals surface area contributed by atoms with Crippen LogP contribution in [0.5, 0.6) is 0 Å². The van der Waals surface area contributed by atoms with Gasteiger partial charge in [0.15, 0.2) is 5.82 Å². The summed E-state index contributed by atoms with van der Waals surface area (Å²) >= 11 is 0. The van der Waals surface area contributed by atoms with Gasteiger partial charge in [-0.05, 0) is 0 Å². The van der Waals surface area contributed by atoms with Crippen molar-refractivity contribution in [1.29, 1.82) is 0 Å². The molecule has 86 valence electrons. The van der Waals surface area contributed by atoms with Crippen LogP contribution in [0.1, 0.15) is 18.3 Å². The van der Waals surface area contributed by atoms with Crippen LogP contribution in [0, 0.1) is 0 Å². The fourth-order valence-corrected chi connectivity index (χ4v) is 1.47. The van der Waals surface area contributed by atoms with Crippen molar-refractivity contribution in [2.45, 2.75) is 18.4 Å². The number of H-pyrrole nitrogens is 1. The molecule has 0 aliphatic rings. The van der Waals surface area contributed by atoms with E-state index in [1.54, 1.807) is 0 Å². The van der Waals surface area contributed by atoms with Crippen LogP contribution in [0.2, 0.25) is 0 Å². The molecule has 0 spiro atoms. The molecule has 2 unspecified atom stereocenters. The topological polar surface area (TPSA) is 108 Å². The molecule has 2 atom stereocenters. The van der Waals surface area contributed by atoms with E-state index in [0.29, 0.717) is 0 Å². The lowest BCUT2D eigenvalue weighted by Gasteiger charge is -2.15. The molecule has 0 fully saturated rings. The Balaban J connectivity index is 2.67. The monoisotopic (exact) mass is 239 g/mol. The maximum Gasteiger partial charge on any atom is 0.359 e. The molecule has 9 heteroatoms. The minimum atomic E-state index is -4.73. The first-order valence-corrected chi connectivity index (χ1v) is 5.70. The number of methoxy groups -OCH3 is 1. The number of hydrogen-bond donors (Lipinski definition) is 3. The van der Waals surface area contributed by atoms with Gasteiger partial charge in [0.05, 0.1) is 0 Å². The van der Waals surface area contributed by atoms with Gasteiger partial charge in [0, 0.05) is 13.5 Å². The first-order chi connectivity index (χ1) is 6.95. The summed E-state index contributed by atoms with van der Waals surface area (Å²) in [6.07, 6.45) is -0.127. The summed E-state index contributed by atoms with van der Waals surface area (Å²) in [4.78, 5) is 20.8. The van der Waals surface area contributed by atoms with Gasteiger partial charge in [0.25, 0.3) is 0 Å². The van der Waals surface area contributed by atoms with Gasteiger partial charge in [-0.15, -0.1) is 0 Å². The highest BCUT2D eigenvalue weighted by atomic mass is 31.2. The van der Waals surface area contributed by atoms with E-state index in [1.165, 1.54) is 13.4 Å². The molecule has 1 aromatic heterocycles. The smallest absolute Gasteiger partial charge is 0.359 e. The van der Waals surface area contributed by atoms with Crippen LogP contribution < -0.4 is 0 Å². The molecule has 15 heavy (non-hydrogen) atoms. The van der Waals surface area contributed by atoms with Gasteiger partial charge in [-0.25, -0.2) is 9.37 Å². The second kappa shape index (κ2) is 4.80. The summed E-state index contributed by atoms with van der Waals surface area (Å²) in [5, 5.41) is 5.97. The van der Waals surface area contributed by atoms with Crippen molar-refractivity contribution in [3.8, 4) is 0 Å². The lowest BCUT2D eigenvalue weighted by Crippen LogP contribution is -2.12. The average Bonchev–Trinajstić information content (AvgIpc) is 2.64. The van der Waals surface area contributed by atoms with E-state index in [2.05, 4.69) is 15.2 Å². The van der Waals surface area contributed by atoms with Crippen LogP contribution in [-0.4, -0.2) is 38.0 Å². The van der Waals surface area contributed by atoms with Crippen LogP contribution >= 0.6 is 7.60 Å². The molecule has 1 heterocycles. The molecular formula is C6H11FN3O4P. The summed E-state index contributed by atoms with van der Waals surface area (Å²) < 4.78 is 28.4. The van der Waals surface area contributed by atoms with Crippen LogP contribution in [0.15, 0.2) is 6.33 Å². The normalized spacial score (nSPS) is 16.3. The highest BCUT2D eigenvalue weighted by Crippen LogP contribution is 2.45. The largest absolute Gasteiger partial charge is 0.373 e. The first kappa shape index (κ1) is 12.3. The maximum atomic E-state index is 13.0. The predicted octanol–water partition coefficient (Wildman–Crippen LogP) is 0.356. The van der Waals surface area contributed by atoms with E-state index >= 15 is 0 Å². The number of halogens is 1. The number of aromatic nitrogens is 3. The highest BCUT2D eigenvalue weighted by molar-refractivity contribution is 7.52. The summed E-state index contributed by atoms with van der Waals surface area (Å²) in [7, 11) is -3.44. The number of hydrogen-bond acceptors (Lipinski definition) is 4. The average molecular weight is 239 g/mol. The van der Waals surface area contributed by atoms with E-state index < -0.39 is 26.0 Å². The molecule has 0 saturated carbocycles. The molecule has 7 nitrogen and oxygen atoms in total. The fraction of sp³-hybridized carbons (Fsp3) is 0.667. The Hall–Kier alpha value is -0.820. The Morgan fingerprint density at radius 1 is 1.73 bits per heavy atom. The Bertz CT molecular complexity index is 340. The van der Waals surface area contributed by atoms with Crippen LogP contribution in [0.4, 0.5) is 4.39 Å². The summed E-state index contributed by atoms with van der Waals surface area (Å²) in [6, 6.07) is 0. The molecular weight excluding hydrogens is 228 g/mol. The Morgan fingerprint density at radius 2 is 2.40 bits per heavy atom. The second-order valence-corrected chi connectivity index (χ2v) is 4.59. The van der Waals surface area contributed by atoms with Crippen molar-refractivity contribution in [2.75, 3.05) is 7.11 Å². The number of ether oxygens (including phenoxy) is 1. The zero-order valence-corrected chi connectivity index (χ0v) is 8.76. The molecule has 0 aliphatic heterocycles. The number of nitrogens with one attached hydrogen (secondary N) is 1. The maximum absolute atomic E-state index is 13.0. The Kier molecular flexibility index (Phi) is 3.92.